The second-order valence-corrected chi connectivity index (χ2v) is 3.09. The van der Waals surface area contributed by atoms with Gasteiger partial charge in [0.05, 0.1) is 0 Å². The number of hydrogen-bond donors (Lipinski definition) is 2. The molecule has 1 atom stereocenters. The molecule has 0 aromatic rings. The number of amides is 2. The highest BCUT2D eigenvalue weighted by Gasteiger charge is 2.09. The van der Waals surface area contributed by atoms with E-state index in [0.29, 0.717) is 19.4 Å². The van der Waals surface area contributed by atoms with E-state index >= 15 is 0 Å². The predicted octanol–water partition coefficient (Wildman–Crippen LogP) is -0.207. The second-order valence-electron chi connectivity index (χ2n) is 3.09. The smallest absolute Gasteiger partial charge is 0.248 e. The minimum atomic E-state index is -0.425. The number of methoxy groups -OCH3 is 1. The summed E-state index contributed by atoms with van der Waals surface area (Å²) in [6, 6.07) is 0. The molecular weight excluding hydrogens is 184 g/mol. The van der Waals surface area contributed by atoms with Gasteiger partial charge in [-0.25, -0.2) is 0 Å². The maximum absolute atomic E-state index is 11.1. The third kappa shape index (κ3) is 6.42. The van der Waals surface area contributed by atoms with Gasteiger partial charge in [-0.3, -0.25) is 9.59 Å². The van der Waals surface area contributed by atoms with E-state index in [4.69, 9.17) is 10.5 Å². The molecule has 0 saturated heterocycles. The van der Waals surface area contributed by atoms with Gasteiger partial charge in [0.25, 0.3) is 0 Å². The Morgan fingerprint density at radius 2 is 2.07 bits per heavy atom. The van der Waals surface area contributed by atoms with Crippen LogP contribution in [0.25, 0.3) is 0 Å². The van der Waals surface area contributed by atoms with Crippen LogP contribution in [0.5, 0.6) is 0 Å². The summed E-state index contributed by atoms with van der Waals surface area (Å²) >= 11 is 0. The lowest BCUT2D eigenvalue weighted by atomic mass is 10.2. The maximum Gasteiger partial charge on any atom is 0.248 e. The zero-order chi connectivity index (χ0) is 11.0. The van der Waals surface area contributed by atoms with E-state index in [1.165, 1.54) is 7.11 Å². The first-order valence-electron chi connectivity index (χ1n) is 4.66. The molecule has 0 aromatic carbocycles. The fourth-order valence-electron chi connectivity index (χ4n) is 0.887. The molecular formula is C9H18N2O3. The number of primary amides is 1. The largest absolute Gasteiger partial charge is 0.372 e. The molecule has 0 heterocycles. The molecule has 0 spiro atoms. The van der Waals surface area contributed by atoms with E-state index < -0.39 is 6.10 Å². The summed E-state index contributed by atoms with van der Waals surface area (Å²) < 4.78 is 4.82. The summed E-state index contributed by atoms with van der Waals surface area (Å²) in [4.78, 5) is 21.5. The van der Waals surface area contributed by atoms with Crippen molar-refractivity contribution in [3.05, 3.63) is 0 Å². The molecule has 0 bridgehead atoms. The predicted molar refractivity (Wildman–Crippen MR) is 52.5 cm³/mol. The van der Waals surface area contributed by atoms with E-state index in [-0.39, 0.29) is 11.8 Å². The van der Waals surface area contributed by atoms with Crippen LogP contribution in [0.2, 0.25) is 0 Å². The highest BCUT2D eigenvalue weighted by molar-refractivity contribution is 5.80. The molecule has 82 valence electrons. The molecule has 0 rings (SSSR count). The second kappa shape index (κ2) is 7.32. The molecule has 1 unspecified atom stereocenters. The van der Waals surface area contributed by atoms with Crippen LogP contribution in [0.3, 0.4) is 0 Å². The van der Waals surface area contributed by atoms with Crippen molar-refractivity contribution in [3.63, 3.8) is 0 Å². The Labute approximate surface area is 84.0 Å². The number of hydrogen-bond acceptors (Lipinski definition) is 3. The Hall–Kier alpha value is -1.10. The Bertz CT molecular complexity index is 194. The minimum Gasteiger partial charge on any atom is -0.372 e. The minimum absolute atomic E-state index is 0.133. The van der Waals surface area contributed by atoms with Crippen LogP contribution in [0.15, 0.2) is 0 Å². The van der Waals surface area contributed by atoms with Crippen molar-refractivity contribution < 1.29 is 14.3 Å². The van der Waals surface area contributed by atoms with Crippen LogP contribution in [0, 0.1) is 0 Å². The molecule has 0 aromatic heterocycles. The number of carbonyl (C=O) groups is 2. The van der Waals surface area contributed by atoms with E-state index in [1.807, 2.05) is 0 Å². The van der Waals surface area contributed by atoms with Gasteiger partial charge in [-0.2, -0.15) is 0 Å². The summed E-state index contributed by atoms with van der Waals surface area (Å²) in [5, 5.41) is 2.69. The molecule has 14 heavy (non-hydrogen) atoms. The quantitative estimate of drug-likeness (QED) is 0.561. The topological polar surface area (TPSA) is 81.4 Å². The average molecular weight is 202 g/mol. The number of ether oxygens (including phenoxy) is 1. The first kappa shape index (κ1) is 12.9. The molecule has 0 radical (unpaired) electrons. The molecule has 0 fully saturated rings. The first-order chi connectivity index (χ1) is 6.57. The molecule has 0 saturated carbocycles. The van der Waals surface area contributed by atoms with Gasteiger partial charge in [0, 0.05) is 20.1 Å². The van der Waals surface area contributed by atoms with Crippen molar-refractivity contribution in [2.75, 3.05) is 13.7 Å². The molecule has 5 heteroatoms. The lowest BCUT2D eigenvalue weighted by molar-refractivity contribution is -0.130. The number of nitrogens with two attached hydrogens (primary N) is 1. The summed E-state index contributed by atoms with van der Waals surface area (Å²) in [7, 11) is 1.48. The normalized spacial score (nSPS) is 12.1. The van der Waals surface area contributed by atoms with Crippen molar-refractivity contribution >= 4 is 11.8 Å². The van der Waals surface area contributed by atoms with Gasteiger partial charge in [-0.15, -0.1) is 0 Å². The third-order valence-electron chi connectivity index (χ3n) is 1.87. The fourth-order valence-corrected chi connectivity index (χ4v) is 0.887. The Balaban J connectivity index is 3.36. The first-order valence-corrected chi connectivity index (χ1v) is 4.66. The zero-order valence-corrected chi connectivity index (χ0v) is 8.71. The van der Waals surface area contributed by atoms with Gasteiger partial charge in [0.2, 0.25) is 11.8 Å². The van der Waals surface area contributed by atoms with Gasteiger partial charge in [0.1, 0.15) is 6.10 Å². The van der Waals surface area contributed by atoms with Crippen LogP contribution in [0.1, 0.15) is 26.2 Å². The average Bonchev–Trinajstić information content (AvgIpc) is 2.15. The van der Waals surface area contributed by atoms with E-state index in [0.717, 1.165) is 6.42 Å². The molecule has 3 N–H and O–H groups in total. The van der Waals surface area contributed by atoms with Crippen LogP contribution >= 0.6 is 0 Å². The van der Waals surface area contributed by atoms with Crippen molar-refractivity contribution in [1.29, 1.82) is 0 Å². The summed E-state index contributed by atoms with van der Waals surface area (Å²) in [5.41, 5.74) is 4.96. The lowest BCUT2D eigenvalue weighted by Gasteiger charge is -2.09. The number of carbonyl (C=O) groups excluding carboxylic acids is 2. The Morgan fingerprint density at radius 1 is 1.43 bits per heavy atom. The standard InChI is InChI=1S/C9H18N2O3/c1-7(14-2)9(13)11-6-4-3-5-8(10)12/h7H,3-6H2,1-2H3,(H2,10,12)(H,11,13). The van der Waals surface area contributed by atoms with Crippen molar-refractivity contribution in [1.82, 2.24) is 5.32 Å². The van der Waals surface area contributed by atoms with E-state index in [9.17, 15) is 9.59 Å². The van der Waals surface area contributed by atoms with Crippen molar-refractivity contribution in [2.45, 2.75) is 32.3 Å². The van der Waals surface area contributed by atoms with Gasteiger partial charge in [-0.05, 0) is 19.8 Å². The Kier molecular flexibility index (Phi) is 6.74. The highest BCUT2D eigenvalue weighted by Crippen LogP contribution is 1.93. The molecule has 0 aliphatic heterocycles. The number of nitrogens with one attached hydrogen (secondary N) is 1. The summed E-state index contributed by atoms with van der Waals surface area (Å²) in [6.07, 6.45) is 1.41. The van der Waals surface area contributed by atoms with Crippen LogP contribution < -0.4 is 11.1 Å². The van der Waals surface area contributed by atoms with Gasteiger partial charge < -0.3 is 15.8 Å². The number of rotatable bonds is 7. The van der Waals surface area contributed by atoms with Gasteiger partial charge >= 0.3 is 0 Å². The summed E-state index contributed by atoms with van der Waals surface area (Å²) in [5.74, 6) is -0.437. The van der Waals surface area contributed by atoms with Crippen molar-refractivity contribution in [2.24, 2.45) is 5.73 Å². The number of unbranched alkanes of at least 4 members (excludes halogenated alkanes) is 1. The van der Waals surface area contributed by atoms with Gasteiger partial charge in [-0.1, -0.05) is 0 Å². The van der Waals surface area contributed by atoms with Crippen LogP contribution in [-0.4, -0.2) is 31.6 Å². The maximum atomic E-state index is 11.1. The molecule has 2 amide bonds. The van der Waals surface area contributed by atoms with Gasteiger partial charge in [0.15, 0.2) is 0 Å². The third-order valence-corrected chi connectivity index (χ3v) is 1.87. The molecule has 5 nitrogen and oxygen atoms in total. The van der Waals surface area contributed by atoms with Crippen LogP contribution in [-0.2, 0) is 14.3 Å². The van der Waals surface area contributed by atoms with E-state index in [2.05, 4.69) is 5.32 Å². The fraction of sp³-hybridized carbons (Fsp3) is 0.778. The SMILES string of the molecule is COC(C)C(=O)NCCCCC(N)=O. The zero-order valence-electron chi connectivity index (χ0n) is 8.71. The molecule has 0 aliphatic carbocycles. The summed E-state index contributed by atoms with van der Waals surface area (Å²) in [6.45, 7) is 2.23. The van der Waals surface area contributed by atoms with Crippen molar-refractivity contribution in [3.8, 4) is 0 Å². The lowest BCUT2D eigenvalue weighted by Crippen LogP contribution is -2.34. The highest BCUT2D eigenvalue weighted by atomic mass is 16.5. The Morgan fingerprint density at radius 3 is 2.57 bits per heavy atom. The van der Waals surface area contributed by atoms with E-state index in [1.54, 1.807) is 6.92 Å². The monoisotopic (exact) mass is 202 g/mol. The van der Waals surface area contributed by atoms with Crippen LogP contribution in [0.4, 0.5) is 0 Å². The molecule has 0 aliphatic rings.